The van der Waals surface area contributed by atoms with Gasteiger partial charge in [0.1, 0.15) is 0 Å². The van der Waals surface area contributed by atoms with Crippen LogP contribution in [0.15, 0.2) is 18.2 Å². The fourth-order valence-electron chi connectivity index (χ4n) is 1.53. The number of urea groups is 1. The largest absolute Gasteiger partial charge is 0.344 e. The minimum atomic E-state index is -1.04. The molecule has 3 amide bonds. The van der Waals surface area contributed by atoms with Crippen LogP contribution in [0, 0.1) is 12.3 Å². The van der Waals surface area contributed by atoms with Crippen LogP contribution in [-0.2, 0) is 21.3 Å². The summed E-state index contributed by atoms with van der Waals surface area (Å²) >= 11 is 6.00. The Morgan fingerprint density at radius 2 is 2.09 bits per heavy atom. The zero-order valence-electron chi connectivity index (χ0n) is 11.9. The van der Waals surface area contributed by atoms with Crippen LogP contribution < -0.4 is 16.0 Å². The Hall–Kier alpha value is -2.04. The van der Waals surface area contributed by atoms with Gasteiger partial charge < -0.3 is 16.0 Å². The number of hydrogen-bond donors (Lipinski definition) is 3. The van der Waals surface area contributed by atoms with E-state index < -0.39 is 16.8 Å². The number of amides is 3. The quantitative estimate of drug-likeness (QED) is 0.677. The van der Waals surface area contributed by atoms with Gasteiger partial charge in [-0.3, -0.25) is 9.00 Å². The Morgan fingerprint density at radius 3 is 2.73 bits per heavy atom. The number of halogens is 1. The first-order valence-corrected chi connectivity index (χ1v) is 8.36. The second kappa shape index (κ2) is 9.07. The van der Waals surface area contributed by atoms with Gasteiger partial charge in [0.25, 0.3) is 0 Å². The Balaban J connectivity index is 2.56. The number of rotatable bonds is 6. The van der Waals surface area contributed by atoms with Gasteiger partial charge in [-0.2, -0.15) is 0 Å². The first kappa shape index (κ1) is 18.0. The maximum Gasteiger partial charge on any atom is 0.319 e. The molecule has 0 aliphatic carbocycles. The van der Waals surface area contributed by atoms with E-state index in [-0.39, 0.29) is 19.0 Å². The first-order valence-electron chi connectivity index (χ1n) is 6.26. The summed E-state index contributed by atoms with van der Waals surface area (Å²) in [5.41, 5.74) is 1.17. The maximum atomic E-state index is 11.7. The molecule has 0 spiro atoms. The lowest BCUT2D eigenvalue weighted by atomic mass is 10.2. The Labute approximate surface area is 136 Å². The second-order valence-corrected chi connectivity index (χ2v) is 6.15. The highest BCUT2D eigenvalue weighted by Gasteiger charge is 2.08. The van der Waals surface area contributed by atoms with Crippen molar-refractivity contribution < 1.29 is 13.8 Å². The number of benzene rings is 1. The van der Waals surface area contributed by atoms with Crippen molar-refractivity contribution in [3.05, 3.63) is 28.8 Å². The summed E-state index contributed by atoms with van der Waals surface area (Å²) in [6, 6.07) is 4.32. The molecule has 0 aliphatic rings. The van der Waals surface area contributed by atoms with Gasteiger partial charge in [-0.25, -0.2) is 4.79 Å². The molecule has 0 aromatic heterocycles. The van der Waals surface area contributed by atoms with Gasteiger partial charge in [0, 0.05) is 33.5 Å². The van der Waals surface area contributed by atoms with E-state index in [1.807, 2.05) is 0 Å². The van der Waals surface area contributed by atoms with E-state index in [1.165, 1.54) is 0 Å². The molecule has 1 rings (SSSR count). The van der Waals surface area contributed by atoms with Crippen LogP contribution in [0.4, 0.5) is 10.5 Å². The molecule has 0 radical (unpaired) electrons. The molecule has 0 saturated carbocycles. The zero-order chi connectivity index (χ0) is 16.5. The molecule has 1 atom stereocenters. The van der Waals surface area contributed by atoms with Crippen molar-refractivity contribution in [2.24, 2.45) is 0 Å². The van der Waals surface area contributed by atoms with Crippen LogP contribution in [0.3, 0.4) is 0 Å². The summed E-state index contributed by atoms with van der Waals surface area (Å²) in [6.45, 7) is -0.0796. The van der Waals surface area contributed by atoms with Crippen molar-refractivity contribution in [1.29, 1.82) is 0 Å². The summed E-state index contributed by atoms with van der Waals surface area (Å²) in [4.78, 5) is 23.0. The van der Waals surface area contributed by atoms with Crippen molar-refractivity contribution >= 4 is 40.0 Å². The molecule has 1 aromatic rings. The number of anilines is 1. The molecule has 1 aromatic carbocycles. The molecule has 118 valence electrons. The predicted molar refractivity (Wildman–Crippen MR) is 88.1 cm³/mol. The summed E-state index contributed by atoms with van der Waals surface area (Å²) in [5.74, 6) is 2.17. The Morgan fingerprint density at radius 1 is 1.36 bits per heavy atom. The van der Waals surface area contributed by atoms with E-state index in [2.05, 4.69) is 21.9 Å². The van der Waals surface area contributed by atoms with E-state index in [0.717, 1.165) is 0 Å². The van der Waals surface area contributed by atoms with Crippen molar-refractivity contribution in [3.63, 3.8) is 0 Å². The SMILES string of the molecule is C#CCNC(=O)CNC(=O)Nc1ccc(Cl)c(C[S@](C)=O)c1. The Kier molecular flexibility index (Phi) is 7.43. The van der Waals surface area contributed by atoms with Gasteiger partial charge in [0.05, 0.1) is 13.1 Å². The van der Waals surface area contributed by atoms with Gasteiger partial charge in [-0.1, -0.05) is 17.5 Å². The highest BCUT2D eigenvalue weighted by atomic mass is 35.5. The van der Waals surface area contributed by atoms with Crippen LogP contribution >= 0.6 is 11.6 Å². The smallest absolute Gasteiger partial charge is 0.319 e. The molecule has 6 nitrogen and oxygen atoms in total. The number of terminal acetylenes is 1. The van der Waals surface area contributed by atoms with E-state index in [9.17, 15) is 13.8 Å². The molecule has 0 bridgehead atoms. The zero-order valence-corrected chi connectivity index (χ0v) is 13.5. The fourth-order valence-corrected chi connectivity index (χ4v) is 2.47. The van der Waals surface area contributed by atoms with Crippen LogP contribution in [0.25, 0.3) is 0 Å². The molecule has 8 heteroatoms. The third kappa shape index (κ3) is 6.61. The van der Waals surface area contributed by atoms with E-state index in [0.29, 0.717) is 22.0 Å². The lowest BCUT2D eigenvalue weighted by molar-refractivity contribution is -0.119. The topological polar surface area (TPSA) is 87.3 Å². The number of carbonyl (C=O) groups excluding carboxylic acids is 2. The van der Waals surface area contributed by atoms with Crippen LogP contribution in [-0.4, -0.2) is 35.5 Å². The summed E-state index contributed by atoms with van der Waals surface area (Å²) < 4.78 is 11.3. The highest BCUT2D eigenvalue weighted by Crippen LogP contribution is 2.21. The lowest BCUT2D eigenvalue weighted by Gasteiger charge is -2.09. The van der Waals surface area contributed by atoms with Crippen LogP contribution in [0.2, 0.25) is 5.02 Å². The fraction of sp³-hybridized carbons (Fsp3) is 0.286. The third-order valence-corrected chi connectivity index (χ3v) is 3.55. The second-order valence-electron chi connectivity index (χ2n) is 4.31. The average Bonchev–Trinajstić information content (AvgIpc) is 2.46. The predicted octanol–water partition coefficient (Wildman–Crippen LogP) is 1.09. The van der Waals surface area contributed by atoms with Crippen molar-refractivity contribution in [2.45, 2.75) is 5.75 Å². The molecule has 0 fully saturated rings. The lowest BCUT2D eigenvalue weighted by Crippen LogP contribution is -2.39. The molecule has 0 heterocycles. The van der Waals surface area contributed by atoms with Crippen LogP contribution in [0.1, 0.15) is 5.56 Å². The van der Waals surface area contributed by atoms with E-state index in [4.69, 9.17) is 18.0 Å². The van der Waals surface area contributed by atoms with Gasteiger partial charge in [0.2, 0.25) is 5.91 Å². The average molecular weight is 342 g/mol. The van der Waals surface area contributed by atoms with Crippen LogP contribution in [0.5, 0.6) is 0 Å². The molecule has 3 N–H and O–H groups in total. The van der Waals surface area contributed by atoms with Gasteiger partial charge >= 0.3 is 6.03 Å². The molecule has 0 aliphatic heterocycles. The molecule has 0 unspecified atom stereocenters. The number of carbonyl (C=O) groups is 2. The Bertz CT molecular complexity index is 628. The summed E-state index contributed by atoms with van der Waals surface area (Å²) in [6.07, 6.45) is 6.57. The van der Waals surface area contributed by atoms with Gasteiger partial charge in [-0.05, 0) is 23.8 Å². The van der Waals surface area contributed by atoms with Crippen molar-refractivity contribution in [2.75, 3.05) is 24.7 Å². The maximum absolute atomic E-state index is 11.7. The molecular weight excluding hydrogens is 326 g/mol. The first-order chi connectivity index (χ1) is 10.4. The molecule has 0 saturated heterocycles. The summed E-state index contributed by atoms with van der Waals surface area (Å²) in [5, 5.41) is 7.86. The standard InChI is InChI=1S/C14H16ClN3O3S/c1-3-6-16-13(19)8-17-14(20)18-11-4-5-12(15)10(7-11)9-22(2)21/h1,4-5,7H,6,8-9H2,2H3,(H,16,19)(H2,17,18,20)/t22-/m0/s1. The normalized spacial score (nSPS) is 11.1. The molecule has 22 heavy (non-hydrogen) atoms. The minimum Gasteiger partial charge on any atom is -0.344 e. The summed E-state index contributed by atoms with van der Waals surface area (Å²) in [7, 11) is -1.04. The number of nitrogens with one attached hydrogen (secondary N) is 3. The van der Waals surface area contributed by atoms with Gasteiger partial charge in [0.15, 0.2) is 0 Å². The molecular formula is C14H16ClN3O3S. The van der Waals surface area contributed by atoms with E-state index in [1.54, 1.807) is 24.5 Å². The van der Waals surface area contributed by atoms with Gasteiger partial charge in [-0.15, -0.1) is 6.42 Å². The monoisotopic (exact) mass is 341 g/mol. The van der Waals surface area contributed by atoms with Crippen molar-refractivity contribution in [3.8, 4) is 12.3 Å². The third-order valence-electron chi connectivity index (χ3n) is 2.46. The minimum absolute atomic E-state index is 0.108. The van der Waals surface area contributed by atoms with Crippen molar-refractivity contribution in [1.82, 2.24) is 10.6 Å². The highest BCUT2D eigenvalue weighted by molar-refractivity contribution is 7.83. The van der Waals surface area contributed by atoms with E-state index >= 15 is 0 Å². The number of hydrogen-bond acceptors (Lipinski definition) is 3.